The standard InChI is InChI=1S/C16H24FNO2S/c1-5-16(4)6-8-18(9-7-16)21(19,20)15-12(2)10-14(17)11-13(15)3/h10-11H,5-9H2,1-4H3. The van der Waals surface area contributed by atoms with Crippen molar-refractivity contribution in [3.63, 3.8) is 0 Å². The molecule has 1 aromatic rings. The van der Waals surface area contributed by atoms with Crippen LogP contribution in [0, 0.1) is 25.1 Å². The lowest BCUT2D eigenvalue weighted by Gasteiger charge is -2.38. The minimum Gasteiger partial charge on any atom is -0.207 e. The van der Waals surface area contributed by atoms with Crippen LogP contribution in [0.5, 0.6) is 0 Å². The van der Waals surface area contributed by atoms with Crippen LogP contribution in [0.15, 0.2) is 17.0 Å². The van der Waals surface area contributed by atoms with Crippen LogP contribution in [-0.2, 0) is 10.0 Å². The number of hydrogen-bond donors (Lipinski definition) is 0. The fraction of sp³-hybridized carbons (Fsp3) is 0.625. The van der Waals surface area contributed by atoms with Crippen LogP contribution in [0.2, 0.25) is 0 Å². The highest BCUT2D eigenvalue weighted by atomic mass is 32.2. The summed E-state index contributed by atoms with van der Waals surface area (Å²) in [6, 6.07) is 2.58. The third kappa shape index (κ3) is 3.14. The van der Waals surface area contributed by atoms with Crippen molar-refractivity contribution in [2.75, 3.05) is 13.1 Å². The van der Waals surface area contributed by atoms with Crippen LogP contribution >= 0.6 is 0 Å². The van der Waals surface area contributed by atoms with E-state index >= 15 is 0 Å². The number of nitrogens with zero attached hydrogens (tertiary/aromatic N) is 1. The quantitative estimate of drug-likeness (QED) is 0.854. The van der Waals surface area contributed by atoms with E-state index in [9.17, 15) is 12.8 Å². The Bertz CT molecular complexity index is 609. The van der Waals surface area contributed by atoms with E-state index in [2.05, 4.69) is 13.8 Å². The summed E-state index contributed by atoms with van der Waals surface area (Å²) in [4.78, 5) is 0.268. The molecule has 0 bridgehead atoms. The lowest BCUT2D eigenvalue weighted by Crippen LogP contribution is -2.42. The second-order valence-electron chi connectivity index (χ2n) is 6.44. The molecule has 0 aliphatic carbocycles. The van der Waals surface area contributed by atoms with Gasteiger partial charge in [0.15, 0.2) is 0 Å². The molecule has 2 rings (SSSR count). The maximum atomic E-state index is 13.4. The van der Waals surface area contributed by atoms with E-state index in [0.29, 0.717) is 24.2 Å². The first kappa shape index (κ1) is 16.4. The Morgan fingerprint density at radius 1 is 1.19 bits per heavy atom. The second kappa shape index (κ2) is 5.69. The van der Waals surface area contributed by atoms with Gasteiger partial charge in [-0.2, -0.15) is 4.31 Å². The largest absolute Gasteiger partial charge is 0.243 e. The van der Waals surface area contributed by atoms with Crippen LogP contribution in [0.25, 0.3) is 0 Å². The molecule has 0 N–H and O–H groups in total. The molecule has 0 unspecified atom stereocenters. The van der Waals surface area contributed by atoms with Crippen LogP contribution in [0.4, 0.5) is 4.39 Å². The van der Waals surface area contributed by atoms with E-state index in [1.807, 2.05) is 0 Å². The molecule has 1 fully saturated rings. The molecule has 3 nitrogen and oxygen atoms in total. The van der Waals surface area contributed by atoms with Gasteiger partial charge in [0.25, 0.3) is 0 Å². The molecule has 5 heteroatoms. The smallest absolute Gasteiger partial charge is 0.207 e. The van der Waals surface area contributed by atoms with Gasteiger partial charge in [-0.3, -0.25) is 0 Å². The van der Waals surface area contributed by atoms with Crippen molar-refractivity contribution in [1.29, 1.82) is 0 Å². The Hall–Kier alpha value is -0.940. The van der Waals surface area contributed by atoms with Gasteiger partial charge in [-0.25, -0.2) is 12.8 Å². The van der Waals surface area contributed by atoms with E-state index in [1.165, 1.54) is 12.1 Å². The number of piperidine rings is 1. The van der Waals surface area contributed by atoms with Gasteiger partial charge < -0.3 is 0 Å². The Kier molecular flexibility index (Phi) is 4.45. The molecular formula is C16H24FNO2S. The summed E-state index contributed by atoms with van der Waals surface area (Å²) in [5.74, 6) is -0.388. The fourth-order valence-electron chi connectivity index (χ4n) is 3.05. The third-order valence-corrected chi connectivity index (χ3v) is 7.01. The highest BCUT2D eigenvalue weighted by molar-refractivity contribution is 7.89. The number of hydrogen-bond acceptors (Lipinski definition) is 2. The highest BCUT2D eigenvalue weighted by Crippen LogP contribution is 2.36. The molecule has 0 aromatic heterocycles. The van der Waals surface area contributed by atoms with Gasteiger partial charge >= 0.3 is 0 Å². The van der Waals surface area contributed by atoms with E-state index in [-0.39, 0.29) is 16.1 Å². The molecule has 0 spiro atoms. The van der Waals surface area contributed by atoms with Gasteiger partial charge in [0.05, 0.1) is 4.90 Å². The summed E-state index contributed by atoms with van der Waals surface area (Å²) in [7, 11) is -3.53. The van der Waals surface area contributed by atoms with Gasteiger partial charge in [-0.1, -0.05) is 20.3 Å². The zero-order valence-electron chi connectivity index (χ0n) is 13.2. The minimum atomic E-state index is -3.53. The number of aryl methyl sites for hydroxylation is 2. The fourth-order valence-corrected chi connectivity index (χ4v) is 4.91. The zero-order chi connectivity index (χ0) is 15.8. The van der Waals surface area contributed by atoms with Crippen molar-refractivity contribution in [1.82, 2.24) is 4.31 Å². The highest BCUT2D eigenvalue weighted by Gasteiger charge is 2.35. The average molecular weight is 313 g/mol. The van der Waals surface area contributed by atoms with Crippen LogP contribution in [0.3, 0.4) is 0 Å². The molecule has 1 saturated heterocycles. The molecule has 0 radical (unpaired) electrons. The molecule has 1 aliphatic rings. The van der Waals surface area contributed by atoms with Crippen molar-refractivity contribution in [2.24, 2.45) is 5.41 Å². The zero-order valence-corrected chi connectivity index (χ0v) is 14.1. The third-order valence-electron chi connectivity index (χ3n) is 4.81. The summed E-state index contributed by atoms with van der Waals surface area (Å²) in [5, 5.41) is 0. The molecule has 0 atom stereocenters. The number of sulfonamides is 1. The first-order valence-electron chi connectivity index (χ1n) is 7.46. The predicted molar refractivity (Wildman–Crippen MR) is 82.3 cm³/mol. The molecule has 1 aromatic carbocycles. The van der Waals surface area contributed by atoms with Crippen molar-refractivity contribution in [3.05, 3.63) is 29.1 Å². The average Bonchev–Trinajstić information content (AvgIpc) is 2.37. The Morgan fingerprint density at radius 3 is 2.10 bits per heavy atom. The van der Waals surface area contributed by atoms with E-state index < -0.39 is 10.0 Å². The number of benzene rings is 1. The minimum absolute atomic E-state index is 0.235. The van der Waals surface area contributed by atoms with Crippen molar-refractivity contribution in [3.8, 4) is 0 Å². The summed E-state index contributed by atoms with van der Waals surface area (Å²) in [5.41, 5.74) is 1.20. The lowest BCUT2D eigenvalue weighted by atomic mass is 9.79. The van der Waals surface area contributed by atoms with Gasteiger partial charge in [0.2, 0.25) is 10.0 Å². The van der Waals surface area contributed by atoms with Gasteiger partial charge in [-0.05, 0) is 55.4 Å². The van der Waals surface area contributed by atoms with Crippen molar-refractivity contribution >= 4 is 10.0 Å². The predicted octanol–water partition coefficient (Wildman–Crippen LogP) is 3.64. The van der Waals surface area contributed by atoms with Gasteiger partial charge in [-0.15, -0.1) is 0 Å². The monoisotopic (exact) mass is 313 g/mol. The van der Waals surface area contributed by atoms with Gasteiger partial charge in [0.1, 0.15) is 5.82 Å². The molecule has 118 valence electrons. The van der Waals surface area contributed by atoms with Crippen LogP contribution in [-0.4, -0.2) is 25.8 Å². The van der Waals surface area contributed by atoms with E-state index in [4.69, 9.17) is 0 Å². The Balaban J connectivity index is 2.33. The van der Waals surface area contributed by atoms with Crippen molar-refractivity contribution in [2.45, 2.75) is 51.9 Å². The number of rotatable bonds is 3. The molecule has 0 saturated carbocycles. The van der Waals surface area contributed by atoms with Crippen LogP contribution < -0.4 is 0 Å². The summed E-state index contributed by atoms with van der Waals surface area (Å²) in [6.45, 7) is 8.77. The maximum absolute atomic E-state index is 13.4. The SMILES string of the molecule is CCC1(C)CCN(S(=O)(=O)c2c(C)cc(F)cc2C)CC1. The number of halogens is 1. The summed E-state index contributed by atoms with van der Waals surface area (Å²) >= 11 is 0. The molecular weight excluding hydrogens is 289 g/mol. The topological polar surface area (TPSA) is 37.4 Å². The second-order valence-corrected chi connectivity index (χ2v) is 8.31. The summed E-state index contributed by atoms with van der Waals surface area (Å²) < 4.78 is 40.6. The Labute approximate surface area is 127 Å². The summed E-state index contributed by atoms with van der Waals surface area (Å²) in [6.07, 6.45) is 2.82. The van der Waals surface area contributed by atoms with E-state index in [0.717, 1.165) is 19.3 Å². The maximum Gasteiger partial charge on any atom is 0.243 e. The normalized spacial score (nSPS) is 19.7. The molecule has 1 aliphatic heterocycles. The first-order valence-corrected chi connectivity index (χ1v) is 8.90. The van der Waals surface area contributed by atoms with Crippen molar-refractivity contribution < 1.29 is 12.8 Å². The lowest BCUT2D eigenvalue weighted by molar-refractivity contribution is 0.169. The Morgan fingerprint density at radius 2 is 1.67 bits per heavy atom. The molecule has 1 heterocycles. The van der Waals surface area contributed by atoms with Crippen LogP contribution in [0.1, 0.15) is 44.2 Å². The first-order chi connectivity index (χ1) is 9.69. The molecule has 0 amide bonds. The van der Waals surface area contributed by atoms with E-state index in [1.54, 1.807) is 18.2 Å². The molecule has 21 heavy (non-hydrogen) atoms. The van der Waals surface area contributed by atoms with Gasteiger partial charge in [0, 0.05) is 13.1 Å².